The van der Waals surface area contributed by atoms with E-state index in [1.807, 2.05) is 0 Å². The van der Waals surface area contributed by atoms with Gasteiger partial charge in [-0.25, -0.2) is 0 Å². The van der Waals surface area contributed by atoms with Crippen molar-refractivity contribution in [3.8, 4) is 0 Å². The van der Waals surface area contributed by atoms with Gasteiger partial charge in [-0.15, -0.1) is 0 Å². The molecule has 70 valence electrons. The first kappa shape index (κ1) is 10.7. The maximum absolute atomic E-state index is 10.2. The van der Waals surface area contributed by atoms with E-state index in [-0.39, 0.29) is 5.96 Å². The van der Waals surface area contributed by atoms with Crippen LogP contribution in [0.5, 0.6) is 0 Å². The highest BCUT2D eigenvalue weighted by molar-refractivity contribution is 5.72. The molecule has 0 rings (SSSR count). The molecule has 0 aliphatic heterocycles. The molecular formula is C6H15N4O2+. The van der Waals surface area contributed by atoms with Crippen LogP contribution in [0, 0.1) is 0 Å². The Hall–Kier alpha value is -1.30. The summed E-state index contributed by atoms with van der Waals surface area (Å²) in [6, 6.07) is -0.800. The van der Waals surface area contributed by atoms with Crippen LogP contribution in [0.4, 0.5) is 0 Å². The summed E-state index contributed by atoms with van der Waals surface area (Å²) in [7, 11) is 0. The molecule has 6 heteroatoms. The second kappa shape index (κ2) is 5.36. The van der Waals surface area contributed by atoms with Crippen LogP contribution in [0.25, 0.3) is 0 Å². The Morgan fingerprint density at radius 1 is 1.50 bits per heavy atom. The smallest absolute Gasteiger partial charge is 0.338 e. The summed E-state index contributed by atoms with van der Waals surface area (Å²) in [5.41, 5.74) is 15.4. The lowest BCUT2D eigenvalue weighted by atomic mass is 10.2. The minimum atomic E-state index is -0.986. The number of carboxylic acids is 1. The molecule has 0 aliphatic rings. The summed E-state index contributed by atoms with van der Waals surface area (Å²) < 4.78 is 0. The third-order valence-electron chi connectivity index (χ3n) is 1.34. The average Bonchev–Trinajstić information content (AvgIpc) is 1.97. The zero-order chi connectivity index (χ0) is 9.56. The lowest BCUT2D eigenvalue weighted by Gasteiger charge is -2.02. The molecule has 0 radical (unpaired) electrons. The van der Waals surface area contributed by atoms with Crippen molar-refractivity contribution < 1.29 is 14.9 Å². The maximum atomic E-state index is 10.2. The van der Waals surface area contributed by atoms with E-state index in [1.165, 1.54) is 0 Å². The molecule has 0 aromatic carbocycles. The number of aliphatic carboxylic acids is 1. The van der Waals surface area contributed by atoms with Gasteiger partial charge in [0.25, 0.3) is 0 Å². The normalized spacial score (nSPS) is 12.1. The van der Waals surface area contributed by atoms with Gasteiger partial charge in [0.2, 0.25) is 0 Å². The van der Waals surface area contributed by atoms with Gasteiger partial charge in [-0.3, -0.25) is 21.3 Å². The highest BCUT2D eigenvalue weighted by atomic mass is 16.4. The highest BCUT2D eigenvalue weighted by Crippen LogP contribution is 1.90. The lowest BCUT2D eigenvalue weighted by Crippen LogP contribution is -2.78. The third kappa shape index (κ3) is 5.48. The Bertz CT molecular complexity index is 176. The summed E-state index contributed by atoms with van der Waals surface area (Å²) >= 11 is 0. The van der Waals surface area contributed by atoms with Crippen molar-refractivity contribution in [2.45, 2.75) is 18.9 Å². The molecule has 0 amide bonds. The Kier molecular flexibility index (Phi) is 4.78. The number of hydrogen-bond acceptors (Lipinski definition) is 2. The van der Waals surface area contributed by atoms with Crippen LogP contribution in [-0.4, -0.2) is 29.6 Å². The predicted molar refractivity (Wildman–Crippen MR) is 44.1 cm³/mol. The van der Waals surface area contributed by atoms with Crippen LogP contribution in [0.1, 0.15) is 12.8 Å². The Morgan fingerprint density at radius 3 is 2.50 bits per heavy atom. The summed E-state index contributed by atoms with van der Waals surface area (Å²) in [4.78, 5) is 12.9. The number of nitrogens with two attached hydrogens (primary N) is 3. The molecule has 0 bridgehead atoms. The molecule has 0 heterocycles. The Labute approximate surface area is 70.4 Å². The summed E-state index contributed by atoms with van der Waals surface area (Å²) in [6.45, 7) is 0.545. The fourth-order valence-electron chi connectivity index (χ4n) is 0.678. The molecular weight excluding hydrogens is 160 g/mol. The van der Waals surface area contributed by atoms with E-state index in [4.69, 9.17) is 22.3 Å². The van der Waals surface area contributed by atoms with Crippen LogP contribution in [0.2, 0.25) is 0 Å². The van der Waals surface area contributed by atoms with Gasteiger partial charge in [0.1, 0.15) is 6.04 Å². The van der Waals surface area contributed by atoms with E-state index in [1.54, 1.807) is 0 Å². The topological polar surface area (TPSA) is 129 Å². The van der Waals surface area contributed by atoms with Gasteiger partial charge < -0.3 is 10.8 Å². The molecule has 0 unspecified atom stereocenters. The van der Waals surface area contributed by atoms with Crippen LogP contribution in [0.15, 0.2) is 0 Å². The lowest BCUT2D eigenvalue weighted by molar-refractivity contribution is -0.459. The van der Waals surface area contributed by atoms with Crippen molar-refractivity contribution >= 4 is 11.9 Å². The van der Waals surface area contributed by atoms with Gasteiger partial charge in [-0.1, -0.05) is 0 Å². The number of guanidine groups is 1. The highest BCUT2D eigenvalue weighted by Gasteiger charge is 2.09. The van der Waals surface area contributed by atoms with E-state index in [9.17, 15) is 4.79 Å². The van der Waals surface area contributed by atoms with E-state index < -0.39 is 12.0 Å². The molecule has 0 saturated heterocycles. The predicted octanol–water partition coefficient (Wildman–Crippen LogP) is -3.47. The van der Waals surface area contributed by atoms with Crippen LogP contribution in [0.3, 0.4) is 0 Å². The zero-order valence-electron chi connectivity index (χ0n) is 6.79. The second-order valence-electron chi connectivity index (χ2n) is 2.47. The van der Waals surface area contributed by atoms with Gasteiger partial charge >= 0.3 is 11.9 Å². The monoisotopic (exact) mass is 175 g/mol. The largest absolute Gasteiger partial charge is 0.480 e. The van der Waals surface area contributed by atoms with Gasteiger partial charge in [0.05, 0.1) is 6.54 Å². The first-order valence-electron chi connectivity index (χ1n) is 3.64. The number of rotatable bonds is 5. The van der Waals surface area contributed by atoms with Gasteiger partial charge in [-0.2, -0.15) is 0 Å². The van der Waals surface area contributed by atoms with Crippen molar-refractivity contribution in [1.29, 1.82) is 0 Å². The minimum Gasteiger partial charge on any atom is -0.480 e. The summed E-state index contributed by atoms with van der Waals surface area (Å²) in [6.07, 6.45) is 1.04. The van der Waals surface area contributed by atoms with E-state index >= 15 is 0 Å². The molecule has 1 atom stereocenters. The SMILES string of the molecule is NC(N)=[NH+]CCC[C@H](N)C(=O)O. The van der Waals surface area contributed by atoms with E-state index in [2.05, 4.69) is 4.99 Å². The van der Waals surface area contributed by atoms with Crippen LogP contribution < -0.4 is 22.2 Å². The Balaban J connectivity index is 3.44. The van der Waals surface area contributed by atoms with Crippen LogP contribution in [-0.2, 0) is 4.79 Å². The van der Waals surface area contributed by atoms with E-state index in [0.29, 0.717) is 19.4 Å². The number of nitrogens with one attached hydrogen (secondary N) is 1. The molecule has 0 fully saturated rings. The minimum absolute atomic E-state index is 0.138. The molecule has 0 aliphatic carbocycles. The molecule has 6 nitrogen and oxygen atoms in total. The fraction of sp³-hybridized carbons (Fsp3) is 0.667. The van der Waals surface area contributed by atoms with E-state index in [0.717, 1.165) is 0 Å². The molecule has 0 spiro atoms. The number of carbonyl (C=O) groups is 1. The van der Waals surface area contributed by atoms with Crippen molar-refractivity contribution in [2.24, 2.45) is 17.2 Å². The van der Waals surface area contributed by atoms with Gasteiger partial charge in [0, 0.05) is 0 Å². The van der Waals surface area contributed by atoms with Gasteiger partial charge in [-0.05, 0) is 12.8 Å². The first-order chi connectivity index (χ1) is 5.54. The second-order valence-corrected chi connectivity index (χ2v) is 2.47. The number of carboxylic acid groups (broad SMARTS) is 1. The Morgan fingerprint density at radius 2 is 2.08 bits per heavy atom. The van der Waals surface area contributed by atoms with Gasteiger partial charge in [0.15, 0.2) is 0 Å². The first-order valence-corrected chi connectivity index (χ1v) is 3.64. The van der Waals surface area contributed by atoms with Crippen molar-refractivity contribution in [3.63, 3.8) is 0 Å². The molecule has 0 aromatic rings. The summed E-state index contributed by atoms with van der Waals surface area (Å²) in [5, 5.41) is 8.39. The maximum Gasteiger partial charge on any atom is 0.338 e. The zero-order valence-corrected chi connectivity index (χ0v) is 6.79. The van der Waals surface area contributed by atoms with Crippen molar-refractivity contribution in [1.82, 2.24) is 0 Å². The van der Waals surface area contributed by atoms with Crippen LogP contribution >= 0.6 is 0 Å². The van der Waals surface area contributed by atoms with Crippen molar-refractivity contribution in [2.75, 3.05) is 6.54 Å². The molecule has 0 saturated carbocycles. The molecule has 12 heavy (non-hydrogen) atoms. The number of hydrogen-bond donors (Lipinski definition) is 5. The quantitative estimate of drug-likeness (QED) is 0.168. The van der Waals surface area contributed by atoms with Crippen molar-refractivity contribution in [3.05, 3.63) is 0 Å². The fourth-order valence-corrected chi connectivity index (χ4v) is 0.678. The molecule has 8 N–H and O–H groups in total. The third-order valence-corrected chi connectivity index (χ3v) is 1.34. The average molecular weight is 175 g/mol. The standard InChI is InChI=1S/C6H14N4O2/c7-4(5(11)12)2-1-3-10-6(8)9/h4H,1-3,7H2,(H,11,12)(H4,8,9,10)/p+1/t4-/m0/s1. The molecule has 0 aromatic heterocycles. The summed E-state index contributed by atoms with van der Waals surface area (Å²) in [5.74, 6) is -0.849.